The molecule has 0 saturated heterocycles. The summed E-state index contributed by atoms with van der Waals surface area (Å²) in [5.41, 5.74) is 2.23. The fourth-order valence-electron chi connectivity index (χ4n) is 2.66. The van der Waals surface area contributed by atoms with Gasteiger partial charge in [0.25, 0.3) is 0 Å². The van der Waals surface area contributed by atoms with Gasteiger partial charge < -0.3 is 4.74 Å². The molecule has 0 aliphatic heterocycles. The highest BCUT2D eigenvalue weighted by Gasteiger charge is 2.08. The quantitative estimate of drug-likeness (QED) is 0.228. The molecule has 0 unspecified atom stereocenters. The molecule has 0 bridgehead atoms. The average molecular weight is 400 g/mol. The maximum absolute atomic E-state index is 12.1. The fourth-order valence-corrected chi connectivity index (χ4v) is 2.84. The topological polar surface area (TPSA) is 72.3 Å². The van der Waals surface area contributed by atoms with Crippen LogP contribution in [0.5, 0.6) is 5.75 Å². The van der Waals surface area contributed by atoms with E-state index in [1.54, 1.807) is 47.3 Å². The highest BCUT2D eigenvalue weighted by atomic mass is 32.1. The van der Waals surface area contributed by atoms with Gasteiger partial charge in [-0.2, -0.15) is 14.9 Å². The van der Waals surface area contributed by atoms with Gasteiger partial charge >= 0.3 is 5.97 Å². The molecule has 0 radical (unpaired) electrons. The summed E-state index contributed by atoms with van der Waals surface area (Å²) >= 11 is 5.28. The molecule has 29 heavy (non-hydrogen) atoms. The first kappa shape index (κ1) is 18.5. The zero-order chi connectivity index (χ0) is 20.1. The number of rotatable bonds is 5. The van der Waals surface area contributed by atoms with Gasteiger partial charge in [0, 0.05) is 5.56 Å². The zero-order valence-corrected chi connectivity index (χ0v) is 16.0. The summed E-state index contributed by atoms with van der Waals surface area (Å²) in [5, 5.41) is 11.4. The number of nitrogens with zero attached hydrogens (tertiary/aromatic N) is 3. The number of esters is 1. The lowest BCUT2D eigenvalue weighted by Gasteiger charge is -2.04. The summed E-state index contributed by atoms with van der Waals surface area (Å²) in [5.74, 6) is 0.686. The van der Waals surface area contributed by atoms with Crippen molar-refractivity contribution in [3.8, 4) is 17.1 Å². The summed E-state index contributed by atoms with van der Waals surface area (Å²) in [7, 11) is 0. The zero-order valence-electron chi connectivity index (χ0n) is 15.2. The van der Waals surface area contributed by atoms with Gasteiger partial charge in [-0.15, -0.1) is 0 Å². The van der Waals surface area contributed by atoms with E-state index < -0.39 is 5.97 Å². The minimum atomic E-state index is -0.399. The number of ether oxygens (including phenoxy) is 1. The number of aromatic amines is 1. The first-order chi connectivity index (χ1) is 14.2. The number of aromatic nitrogens is 3. The van der Waals surface area contributed by atoms with E-state index in [9.17, 15) is 4.79 Å². The number of benzene rings is 3. The van der Waals surface area contributed by atoms with E-state index in [4.69, 9.17) is 17.0 Å². The lowest BCUT2D eigenvalue weighted by Crippen LogP contribution is -2.08. The van der Waals surface area contributed by atoms with Crippen LogP contribution >= 0.6 is 12.2 Å². The van der Waals surface area contributed by atoms with Crippen LogP contribution in [0.3, 0.4) is 0 Å². The Morgan fingerprint density at radius 1 is 0.966 bits per heavy atom. The predicted molar refractivity (Wildman–Crippen MR) is 114 cm³/mol. The molecule has 0 spiro atoms. The van der Waals surface area contributed by atoms with Gasteiger partial charge in [0.2, 0.25) is 4.77 Å². The standard InChI is InChI=1S/C22H16N4O2S/c27-21(18-9-5-2-6-10-18)28-19-13-11-16(12-14-19)15-23-26-20(24-25-22(26)29)17-7-3-1-4-8-17/h1-15H,(H,25,29)/b23-15-. The van der Waals surface area contributed by atoms with Crippen molar-refractivity contribution in [2.75, 3.05) is 0 Å². The molecule has 0 atom stereocenters. The highest BCUT2D eigenvalue weighted by Crippen LogP contribution is 2.17. The van der Waals surface area contributed by atoms with Crippen LogP contribution in [0.2, 0.25) is 0 Å². The number of hydrogen-bond donors (Lipinski definition) is 1. The van der Waals surface area contributed by atoms with Crippen LogP contribution in [0, 0.1) is 4.77 Å². The van der Waals surface area contributed by atoms with Gasteiger partial charge in [-0.3, -0.25) is 0 Å². The average Bonchev–Trinajstić information content (AvgIpc) is 3.15. The molecule has 1 N–H and O–H groups in total. The molecule has 4 rings (SSSR count). The number of carbonyl (C=O) groups is 1. The SMILES string of the molecule is O=C(Oc1ccc(/C=N\n2c(-c3ccccc3)n[nH]c2=S)cc1)c1ccccc1. The number of nitrogens with one attached hydrogen (secondary N) is 1. The van der Waals surface area contributed by atoms with Gasteiger partial charge in [-0.25, -0.2) is 9.89 Å². The van der Waals surface area contributed by atoms with Crippen LogP contribution in [-0.2, 0) is 0 Å². The summed E-state index contributed by atoms with van der Waals surface area (Å²) < 4.78 is 7.34. The van der Waals surface area contributed by atoms with Crippen LogP contribution in [0.15, 0.2) is 90.0 Å². The molecule has 4 aromatic rings. The molecule has 3 aromatic carbocycles. The van der Waals surface area contributed by atoms with Crippen LogP contribution in [0.1, 0.15) is 15.9 Å². The number of carbonyl (C=O) groups excluding carboxylic acids is 1. The van der Waals surface area contributed by atoms with E-state index >= 15 is 0 Å². The van der Waals surface area contributed by atoms with Crippen molar-refractivity contribution in [3.63, 3.8) is 0 Å². The van der Waals surface area contributed by atoms with Crippen molar-refractivity contribution < 1.29 is 9.53 Å². The minimum Gasteiger partial charge on any atom is -0.423 e. The summed E-state index contributed by atoms with van der Waals surface area (Å²) in [4.78, 5) is 12.1. The molecule has 0 aliphatic rings. The first-order valence-corrected chi connectivity index (χ1v) is 9.26. The molecule has 142 valence electrons. The van der Waals surface area contributed by atoms with Crippen LogP contribution in [0.25, 0.3) is 11.4 Å². The molecule has 0 aliphatic carbocycles. The summed E-state index contributed by atoms with van der Waals surface area (Å²) in [6, 6.07) is 25.6. The molecular formula is C22H16N4O2S. The van der Waals surface area contributed by atoms with Crippen molar-refractivity contribution in [1.82, 2.24) is 14.9 Å². The van der Waals surface area contributed by atoms with E-state index in [2.05, 4.69) is 15.3 Å². The Labute approximate surface area is 172 Å². The summed E-state index contributed by atoms with van der Waals surface area (Å²) in [6.07, 6.45) is 1.67. The van der Waals surface area contributed by atoms with Crippen molar-refractivity contribution >= 4 is 24.4 Å². The minimum absolute atomic E-state index is 0.397. The van der Waals surface area contributed by atoms with E-state index in [1.165, 1.54) is 0 Å². The maximum atomic E-state index is 12.1. The number of hydrogen-bond acceptors (Lipinski definition) is 5. The molecule has 0 amide bonds. The van der Waals surface area contributed by atoms with E-state index in [0.29, 0.717) is 21.9 Å². The van der Waals surface area contributed by atoms with Gasteiger partial charge in [0.05, 0.1) is 11.8 Å². The Balaban J connectivity index is 1.50. The molecule has 7 heteroatoms. The molecule has 6 nitrogen and oxygen atoms in total. The van der Waals surface area contributed by atoms with Crippen LogP contribution in [0.4, 0.5) is 0 Å². The molecule has 1 heterocycles. The predicted octanol–water partition coefficient (Wildman–Crippen LogP) is 4.71. The first-order valence-electron chi connectivity index (χ1n) is 8.85. The Hall–Kier alpha value is -3.84. The van der Waals surface area contributed by atoms with Gasteiger partial charge in [0.1, 0.15) is 5.75 Å². The third-order valence-electron chi connectivity index (χ3n) is 4.10. The Morgan fingerprint density at radius 2 is 1.62 bits per heavy atom. The second-order valence-corrected chi connectivity index (χ2v) is 6.49. The molecule has 0 fully saturated rings. The van der Waals surface area contributed by atoms with Crippen LogP contribution in [-0.4, -0.2) is 27.1 Å². The Kier molecular flexibility index (Phi) is 5.40. The lowest BCUT2D eigenvalue weighted by atomic mass is 10.2. The van der Waals surface area contributed by atoms with E-state index in [-0.39, 0.29) is 0 Å². The van der Waals surface area contributed by atoms with Crippen LogP contribution < -0.4 is 4.74 Å². The fraction of sp³-hybridized carbons (Fsp3) is 0. The second-order valence-electron chi connectivity index (χ2n) is 6.10. The van der Waals surface area contributed by atoms with Crippen molar-refractivity contribution in [3.05, 3.63) is 101 Å². The van der Waals surface area contributed by atoms with Crippen molar-refractivity contribution in [2.45, 2.75) is 0 Å². The lowest BCUT2D eigenvalue weighted by molar-refractivity contribution is 0.0735. The monoisotopic (exact) mass is 400 g/mol. The normalized spacial score (nSPS) is 10.9. The molecule has 0 saturated carbocycles. The smallest absolute Gasteiger partial charge is 0.343 e. The van der Waals surface area contributed by atoms with E-state index in [0.717, 1.165) is 11.1 Å². The van der Waals surface area contributed by atoms with Crippen molar-refractivity contribution in [2.24, 2.45) is 5.10 Å². The molecule has 1 aromatic heterocycles. The van der Waals surface area contributed by atoms with E-state index in [1.807, 2.05) is 48.5 Å². The maximum Gasteiger partial charge on any atom is 0.343 e. The Morgan fingerprint density at radius 3 is 2.31 bits per heavy atom. The number of H-pyrrole nitrogens is 1. The summed E-state index contributed by atoms with van der Waals surface area (Å²) in [6.45, 7) is 0. The second kappa shape index (κ2) is 8.45. The highest BCUT2D eigenvalue weighted by molar-refractivity contribution is 7.71. The third-order valence-corrected chi connectivity index (χ3v) is 4.37. The Bertz CT molecular complexity index is 1200. The van der Waals surface area contributed by atoms with Gasteiger partial charge in [-0.05, 0) is 54.2 Å². The largest absolute Gasteiger partial charge is 0.423 e. The van der Waals surface area contributed by atoms with Crippen molar-refractivity contribution in [1.29, 1.82) is 0 Å². The molecular weight excluding hydrogens is 384 g/mol. The van der Waals surface area contributed by atoms with Gasteiger partial charge in [0.15, 0.2) is 5.82 Å². The van der Waals surface area contributed by atoms with Gasteiger partial charge in [-0.1, -0.05) is 48.5 Å². The third kappa shape index (κ3) is 4.36.